The Kier molecular flexibility index (Phi) is 2.40. The van der Waals surface area contributed by atoms with Crippen molar-refractivity contribution in [2.75, 3.05) is 0 Å². The van der Waals surface area contributed by atoms with Gasteiger partial charge in [0, 0.05) is 0 Å². The van der Waals surface area contributed by atoms with Crippen molar-refractivity contribution >= 4 is 21.9 Å². The first-order chi connectivity index (χ1) is 5.77. The lowest BCUT2D eigenvalue weighted by Crippen LogP contribution is -2.40. The standard InChI is InChI=1S/C9H13BrO2/c10-7-5-6-3-1-2-4-8(6)12-9(7)11/h6-8H,1-5H2/t6-,7+,8-/m1/s1. The number of hydrogen-bond donors (Lipinski definition) is 0. The summed E-state index contributed by atoms with van der Waals surface area (Å²) in [5, 5.41) is 0. The van der Waals surface area contributed by atoms with Gasteiger partial charge in [-0.3, -0.25) is 4.79 Å². The average molecular weight is 233 g/mol. The van der Waals surface area contributed by atoms with Gasteiger partial charge in [-0.05, 0) is 31.6 Å². The molecule has 0 N–H and O–H groups in total. The van der Waals surface area contributed by atoms with Crippen LogP contribution in [0.3, 0.4) is 0 Å². The van der Waals surface area contributed by atoms with Crippen molar-refractivity contribution in [1.82, 2.24) is 0 Å². The summed E-state index contributed by atoms with van der Waals surface area (Å²) in [5.74, 6) is 0.568. The zero-order valence-corrected chi connectivity index (χ0v) is 8.55. The molecule has 0 radical (unpaired) electrons. The van der Waals surface area contributed by atoms with E-state index in [4.69, 9.17) is 4.74 Å². The van der Waals surface area contributed by atoms with Crippen LogP contribution in [0.2, 0.25) is 0 Å². The van der Waals surface area contributed by atoms with E-state index in [2.05, 4.69) is 15.9 Å². The van der Waals surface area contributed by atoms with Gasteiger partial charge in [0.25, 0.3) is 0 Å². The molecule has 1 aliphatic carbocycles. The van der Waals surface area contributed by atoms with Crippen molar-refractivity contribution in [3.8, 4) is 0 Å². The lowest BCUT2D eigenvalue weighted by molar-refractivity contribution is -0.159. The SMILES string of the molecule is O=C1O[C@@H]2CCCC[C@@H]2C[C@@H]1Br. The fourth-order valence-corrected chi connectivity index (χ4v) is 2.77. The summed E-state index contributed by atoms with van der Waals surface area (Å²) < 4.78 is 5.32. The Hall–Kier alpha value is -0.0500. The summed E-state index contributed by atoms with van der Waals surface area (Å²) in [4.78, 5) is 11.1. The number of esters is 1. The van der Waals surface area contributed by atoms with Crippen LogP contribution in [0.25, 0.3) is 0 Å². The van der Waals surface area contributed by atoms with Crippen LogP contribution in [0.15, 0.2) is 0 Å². The van der Waals surface area contributed by atoms with E-state index in [9.17, 15) is 4.79 Å². The van der Waals surface area contributed by atoms with E-state index < -0.39 is 0 Å². The number of halogens is 1. The van der Waals surface area contributed by atoms with Gasteiger partial charge in [-0.1, -0.05) is 22.4 Å². The lowest BCUT2D eigenvalue weighted by Gasteiger charge is -2.36. The summed E-state index contributed by atoms with van der Waals surface area (Å²) in [6.45, 7) is 0. The van der Waals surface area contributed by atoms with E-state index in [0.717, 1.165) is 12.8 Å². The maximum atomic E-state index is 11.2. The molecule has 1 heterocycles. The second-order valence-electron chi connectivity index (χ2n) is 3.72. The lowest BCUT2D eigenvalue weighted by atomic mass is 9.82. The van der Waals surface area contributed by atoms with Crippen LogP contribution in [-0.2, 0) is 9.53 Å². The van der Waals surface area contributed by atoms with Crippen LogP contribution >= 0.6 is 15.9 Å². The second kappa shape index (κ2) is 3.36. The number of carbonyl (C=O) groups excluding carboxylic acids is 1. The summed E-state index contributed by atoms with van der Waals surface area (Å²) in [7, 11) is 0. The Labute approximate surface area is 80.8 Å². The van der Waals surface area contributed by atoms with Crippen molar-refractivity contribution in [3.05, 3.63) is 0 Å². The van der Waals surface area contributed by atoms with E-state index in [1.807, 2.05) is 0 Å². The van der Waals surface area contributed by atoms with E-state index in [1.165, 1.54) is 19.3 Å². The number of carbonyl (C=O) groups is 1. The molecule has 2 aliphatic rings. The quantitative estimate of drug-likeness (QED) is 0.473. The molecule has 1 saturated carbocycles. The van der Waals surface area contributed by atoms with E-state index in [1.54, 1.807) is 0 Å². The molecule has 0 aromatic heterocycles. The van der Waals surface area contributed by atoms with E-state index in [0.29, 0.717) is 5.92 Å². The maximum absolute atomic E-state index is 11.2. The molecule has 2 fully saturated rings. The van der Waals surface area contributed by atoms with Gasteiger partial charge < -0.3 is 4.74 Å². The van der Waals surface area contributed by atoms with Crippen LogP contribution < -0.4 is 0 Å². The third-order valence-electron chi connectivity index (χ3n) is 2.87. The topological polar surface area (TPSA) is 26.3 Å². The van der Waals surface area contributed by atoms with Crippen LogP contribution in [-0.4, -0.2) is 16.9 Å². The molecular weight excluding hydrogens is 220 g/mol. The highest BCUT2D eigenvalue weighted by Crippen LogP contribution is 2.35. The minimum Gasteiger partial charge on any atom is -0.461 e. The molecule has 0 bridgehead atoms. The fraction of sp³-hybridized carbons (Fsp3) is 0.889. The number of ether oxygens (including phenoxy) is 1. The first-order valence-electron chi connectivity index (χ1n) is 4.62. The van der Waals surface area contributed by atoms with Crippen LogP contribution in [0.4, 0.5) is 0 Å². The Bertz CT molecular complexity index is 193. The number of alkyl halides is 1. The molecule has 0 amide bonds. The van der Waals surface area contributed by atoms with Gasteiger partial charge in [-0.2, -0.15) is 0 Å². The van der Waals surface area contributed by atoms with Gasteiger partial charge in [0.15, 0.2) is 0 Å². The summed E-state index contributed by atoms with van der Waals surface area (Å²) >= 11 is 3.34. The predicted octanol–water partition coefficient (Wildman–Crippen LogP) is 2.26. The highest BCUT2D eigenvalue weighted by molar-refractivity contribution is 9.10. The summed E-state index contributed by atoms with van der Waals surface area (Å²) in [6.07, 6.45) is 6.06. The van der Waals surface area contributed by atoms with Gasteiger partial charge in [0.2, 0.25) is 0 Å². The van der Waals surface area contributed by atoms with Crippen molar-refractivity contribution in [2.45, 2.75) is 43.0 Å². The molecule has 2 nitrogen and oxygen atoms in total. The van der Waals surface area contributed by atoms with Crippen LogP contribution in [0.5, 0.6) is 0 Å². The van der Waals surface area contributed by atoms with E-state index >= 15 is 0 Å². The first-order valence-corrected chi connectivity index (χ1v) is 5.53. The van der Waals surface area contributed by atoms with Gasteiger partial charge in [-0.15, -0.1) is 0 Å². The van der Waals surface area contributed by atoms with Gasteiger partial charge in [0.1, 0.15) is 10.9 Å². The molecule has 68 valence electrons. The molecule has 3 atom stereocenters. The summed E-state index contributed by atoms with van der Waals surface area (Å²) in [5.41, 5.74) is 0. The maximum Gasteiger partial charge on any atom is 0.320 e. The number of rotatable bonds is 0. The smallest absolute Gasteiger partial charge is 0.320 e. The van der Waals surface area contributed by atoms with Gasteiger partial charge in [-0.25, -0.2) is 0 Å². The summed E-state index contributed by atoms with van der Waals surface area (Å²) in [6, 6.07) is 0. The molecule has 0 aromatic carbocycles. The van der Waals surface area contributed by atoms with Gasteiger partial charge in [0.05, 0.1) is 0 Å². The largest absolute Gasteiger partial charge is 0.461 e. The zero-order chi connectivity index (χ0) is 8.55. The van der Waals surface area contributed by atoms with Crippen LogP contribution in [0.1, 0.15) is 32.1 Å². The number of hydrogen-bond acceptors (Lipinski definition) is 2. The highest BCUT2D eigenvalue weighted by atomic mass is 79.9. The molecule has 0 aromatic rings. The monoisotopic (exact) mass is 232 g/mol. The highest BCUT2D eigenvalue weighted by Gasteiger charge is 2.37. The predicted molar refractivity (Wildman–Crippen MR) is 49.2 cm³/mol. The zero-order valence-electron chi connectivity index (χ0n) is 6.96. The number of fused-ring (bicyclic) bond motifs is 1. The van der Waals surface area contributed by atoms with Crippen molar-refractivity contribution in [1.29, 1.82) is 0 Å². The molecule has 12 heavy (non-hydrogen) atoms. The Balaban J connectivity index is 2.02. The van der Waals surface area contributed by atoms with Crippen molar-refractivity contribution in [2.24, 2.45) is 5.92 Å². The van der Waals surface area contributed by atoms with Crippen LogP contribution in [0, 0.1) is 5.92 Å². The van der Waals surface area contributed by atoms with Gasteiger partial charge >= 0.3 is 5.97 Å². The Morgan fingerprint density at radius 2 is 2.08 bits per heavy atom. The molecule has 1 aliphatic heterocycles. The molecule has 0 unspecified atom stereocenters. The molecule has 1 saturated heterocycles. The van der Waals surface area contributed by atoms with Crippen molar-refractivity contribution in [3.63, 3.8) is 0 Å². The average Bonchev–Trinajstić information content (AvgIpc) is 2.07. The molecule has 3 heteroatoms. The third-order valence-corrected chi connectivity index (χ3v) is 3.62. The second-order valence-corrected chi connectivity index (χ2v) is 4.83. The van der Waals surface area contributed by atoms with Crippen molar-refractivity contribution < 1.29 is 9.53 Å². The minimum atomic E-state index is -0.0573. The molecule has 0 spiro atoms. The minimum absolute atomic E-state index is 0.0446. The Morgan fingerprint density at radius 1 is 1.33 bits per heavy atom. The van der Waals surface area contributed by atoms with E-state index in [-0.39, 0.29) is 16.9 Å². The molecule has 2 rings (SSSR count). The fourth-order valence-electron chi connectivity index (χ4n) is 2.18. The normalized spacial score (nSPS) is 41.8. The molecular formula is C9H13BrO2. The third kappa shape index (κ3) is 1.51. The first kappa shape index (κ1) is 8.54. The Morgan fingerprint density at radius 3 is 2.92 bits per heavy atom.